The largest absolute Gasteiger partial charge is 0.508 e. The topological polar surface area (TPSA) is 82.2 Å². The molecule has 0 aliphatic carbocycles. The van der Waals surface area contributed by atoms with Crippen LogP contribution in [0.4, 0.5) is 11.4 Å². The lowest BCUT2D eigenvalue weighted by atomic mass is 10.1. The lowest BCUT2D eigenvalue weighted by molar-refractivity contribution is 0.0697. The van der Waals surface area contributed by atoms with Crippen molar-refractivity contribution in [3.63, 3.8) is 0 Å². The van der Waals surface area contributed by atoms with E-state index in [0.717, 1.165) is 5.56 Å². The standard InChI is InChI=1S/C16H14N2O3/c1-2-3-12-10-14(8-9-15(12)19)18-17-13-6-4-11(5-7-13)16(20)21/h2,4-10,19H,1,3H2,(H,20,21). The van der Waals surface area contributed by atoms with Crippen LogP contribution in [-0.4, -0.2) is 16.2 Å². The van der Waals surface area contributed by atoms with Crippen molar-refractivity contribution in [3.05, 3.63) is 66.2 Å². The number of phenolic OH excluding ortho intramolecular Hbond substituents is 1. The molecule has 0 amide bonds. The monoisotopic (exact) mass is 282 g/mol. The molecule has 0 bridgehead atoms. The summed E-state index contributed by atoms with van der Waals surface area (Å²) >= 11 is 0. The molecule has 0 aromatic heterocycles. The Morgan fingerprint density at radius 1 is 1.10 bits per heavy atom. The summed E-state index contributed by atoms with van der Waals surface area (Å²) in [5.74, 6) is -0.786. The van der Waals surface area contributed by atoms with Gasteiger partial charge in [-0.25, -0.2) is 4.79 Å². The predicted octanol–water partition coefficient (Wildman–Crippen LogP) is 4.23. The Labute approximate surface area is 121 Å². The number of allylic oxidation sites excluding steroid dienone is 1. The number of phenols is 1. The molecule has 0 atom stereocenters. The first-order chi connectivity index (χ1) is 10.1. The van der Waals surface area contributed by atoms with Crippen molar-refractivity contribution in [1.29, 1.82) is 0 Å². The van der Waals surface area contributed by atoms with Crippen LogP contribution in [0.15, 0.2) is 65.3 Å². The number of carbonyl (C=O) groups is 1. The normalized spacial score (nSPS) is 10.7. The predicted molar refractivity (Wildman–Crippen MR) is 79.6 cm³/mol. The lowest BCUT2D eigenvalue weighted by Gasteiger charge is -2.02. The number of rotatable bonds is 5. The van der Waals surface area contributed by atoms with Crippen molar-refractivity contribution < 1.29 is 15.0 Å². The molecule has 5 heteroatoms. The Morgan fingerprint density at radius 2 is 1.71 bits per heavy atom. The quantitative estimate of drug-likeness (QED) is 0.635. The third-order valence-corrected chi connectivity index (χ3v) is 2.82. The van der Waals surface area contributed by atoms with E-state index >= 15 is 0 Å². The fraction of sp³-hybridized carbons (Fsp3) is 0.0625. The fourth-order valence-corrected chi connectivity index (χ4v) is 1.74. The van der Waals surface area contributed by atoms with E-state index in [9.17, 15) is 9.90 Å². The van der Waals surface area contributed by atoms with Crippen LogP contribution in [0.3, 0.4) is 0 Å². The molecular formula is C16H14N2O3. The molecule has 0 saturated carbocycles. The first kappa shape index (κ1) is 14.5. The van der Waals surface area contributed by atoms with Crippen LogP contribution in [0.5, 0.6) is 5.75 Å². The van der Waals surface area contributed by atoms with Gasteiger partial charge in [0.05, 0.1) is 16.9 Å². The Morgan fingerprint density at radius 3 is 2.33 bits per heavy atom. The van der Waals surface area contributed by atoms with Crippen molar-refractivity contribution >= 4 is 17.3 Å². The van der Waals surface area contributed by atoms with Gasteiger partial charge in [-0.2, -0.15) is 10.2 Å². The number of azo groups is 1. The summed E-state index contributed by atoms with van der Waals surface area (Å²) in [5.41, 5.74) is 2.08. The van der Waals surface area contributed by atoms with Crippen LogP contribution in [0.25, 0.3) is 0 Å². The van der Waals surface area contributed by atoms with Gasteiger partial charge >= 0.3 is 5.97 Å². The number of hydrogen-bond donors (Lipinski definition) is 2. The molecular weight excluding hydrogens is 268 g/mol. The van der Waals surface area contributed by atoms with Crippen molar-refractivity contribution in [2.45, 2.75) is 6.42 Å². The minimum Gasteiger partial charge on any atom is -0.508 e. The smallest absolute Gasteiger partial charge is 0.335 e. The highest BCUT2D eigenvalue weighted by Crippen LogP contribution is 2.25. The Balaban J connectivity index is 2.18. The molecule has 21 heavy (non-hydrogen) atoms. The van der Waals surface area contributed by atoms with Gasteiger partial charge in [0.1, 0.15) is 5.75 Å². The summed E-state index contributed by atoms with van der Waals surface area (Å²) in [5, 5.41) is 26.6. The molecule has 106 valence electrons. The van der Waals surface area contributed by atoms with Gasteiger partial charge in [-0.3, -0.25) is 0 Å². The molecule has 0 saturated heterocycles. The van der Waals surface area contributed by atoms with Crippen molar-refractivity contribution in [2.75, 3.05) is 0 Å². The molecule has 2 aromatic rings. The first-order valence-electron chi connectivity index (χ1n) is 6.28. The van der Waals surface area contributed by atoms with E-state index in [2.05, 4.69) is 16.8 Å². The van der Waals surface area contributed by atoms with Crippen molar-refractivity contribution in [3.8, 4) is 5.75 Å². The Hall–Kier alpha value is -2.95. The maximum Gasteiger partial charge on any atom is 0.335 e. The van der Waals surface area contributed by atoms with Gasteiger partial charge in [0.2, 0.25) is 0 Å². The van der Waals surface area contributed by atoms with Crippen LogP contribution in [0, 0.1) is 0 Å². The number of nitrogens with zero attached hydrogens (tertiary/aromatic N) is 2. The second kappa shape index (κ2) is 6.47. The van der Waals surface area contributed by atoms with Crippen molar-refractivity contribution in [1.82, 2.24) is 0 Å². The summed E-state index contributed by atoms with van der Waals surface area (Å²) in [6, 6.07) is 11.0. The summed E-state index contributed by atoms with van der Waals surface area (Å²) < 4.78 is 0. The van der Waals surface area contributed by atoms with E-state index in [1.165, 1.54) is 12.1 Å². The molecule has 0 unspecified atom stereocenters. The third kappa shape index (κ3) is 3.76. The van der Waals surface area contributed by atoms with Gasteiger partial charge < -0.3 is 10.2 Å². The second-order valence-electron chi connectivity index (χ2n) is 4.36. The molecule has 0 heterocycles. The number of hydrogen-bond acceptors (Lipinski definition) is 4. The number of carboxylic acids is 1. The molecule has 0 spiro atoms. The molecule has 0 radical (unpaired) electrons. The summed E-state index contributed by atoms with van der Waals surface area (Å²) in [6.07, 6.45) is 2.24. The SMILES string of the molecule is C=CCc1cc(N=Nc2ccc(C(=O)O)cc2)ccc1O. The van der Waals surface area contributed by atoms with Crippen LogP contribution in [0.2, 0.25) is 0 Å². The minimum atomic E-state index is -0.980. The van der Waals surface area contributed by atoms with Gasteiger partial charge in [0.25, 0.3) is 0 Å². The van der Waals surface area contributed by atoms with E-state index in [1.807, 2.05) is 0 Å². The maximum atomic E-state index is 10.7. The van der Waals surface area contributed by atoms with Gasteiger partial charge in [-0.1, -0.05) is 6.08 Å². The van der Waals surface area contributed by atoms with Crippen molar-refractivity contribution in [2.24, 2.45) is 10.2 Å². The van der Waals surface area contributed by atoms with E-state index < -0.39 is 5.97 Å². The molecule has 0 aliphatic heterocycles. The highest BCUT2D eigenvalue weighted by atomic mass is 16.4. The highest BCUT2D eigenvalue weighted by Gasteiger charge is 2.02. The molecule has 5 nitrogen and oxygen atoms in total. The lowest BCUT2D eigenvalue weighted by Crippen LogP contribution is -1.93. The number of aromatic hydroxyl groups is 1. The second-order valence-corrected chi connectivity index (χ2v) is 4.36. The van der Waals surface area contributed by atoms with E-state index in [1.54, 1.807) is 36.4 Å². The zero-order valence-corrected chi connectivity index (χ0v) is 11.2. The van der Waals surface area contributed by atoms with Crippen LogP contribution >= 0.6 is 0 Å². The third-order valence-electron chi connectivity index (χ3n) is 2.82. The van der Waals surface area contributed by atoms with Gasteiger partial charge in [0, 0.05) is 0 Å². The average molecular weight is 282 g/mol. The minimum absolute atomic E-state index is 0.194. The average Bonchev–Trinajstić information content (AvgIpc) is 2.48. The van der Waals surface area contributed by atoms with E-state index in [-0.39, 0.29) is 11.3 Å². The van der Waals surface area contributed by atoms with Crippen LogP contribution < -0.4 is 0 Å². The van der Waals surface area contributed by atoms with Gasteiger partial charge in [-0.05, 0) is 54.4 Å². The number of aromatic carboxylic acids is 1. The zero-order chi connectivity index (χ0) is 15.2. The summed E-state index contributed by atoms with van der Waals surface area (Å²) in [7, 11) is 0. The summed E-state index contributed by atoms with van der Waals surface area (Å²) in [4.78, 5) is 10.7. The highest BCUT2D eigenvalue weighted by molar-refractivity contribution is 5.87. The molecule has 0 fully saturated rings. The van der Waals surface area contributed by atoms with Crippen LogP contribution in [0.1, 0.15) is 15.9 Å². The Bertz CT molecular complexity index is 691. The molecule has 2 N–H and O–H groups in total. The number of carboxylic acid groups (broad SMARTS) is 1. The number of benzene rings is 2. The first-order valence-corrected chi connectivity index (χ1v) is 6.28. The molecule has 2 aromatic carbocycles. The fourth-order valence-electron chi connectivity index (χ4n) is 1.74. The molecule has 2 rings (SSSR count). The Kier molecular flexibility index (Phi) is 4.46. The van der Waals surface area contributed by atoms with E-state index in [4.69, 9.17) is 5.11 Å². The zero-order valence-electron chi connectivity index (χ0n) is 11.2. The summed E-state index contributed by atoms with van der Waals surface area (Å²) in [6.45, 7) is 3.63. The van der Waals surface area contributed by atoms with Gasteiger partial charge in [0.15, 0.2) is 0 Å². The van der Waals surface area contributed by atoms with Gasteiger partial charge in [-0.15, -0.1) is 6.58 Å². The van der Waals surface area contributed by atoms with Crippen LogP contribution in [-0.2, 0) is 6.42 Å². The van der Waals surface area contributed by atoms with E-state index in [0.29, 0.717) is 17.8 Å². The maximum absolute atomic E-state index is 10.7. The molecule has 0 aliphatic rings.